The Labute approximate surface area is 135 Å². The number of phenolic OH excluding ortho intramolecular Hbond substituents is 1. The molecule has 2 rings (SSSR count). The summed E-state index contributed by atoms with van der Waals surface area (Å²) in [5.41, 5.74) is 8.61. The highest BCUT2D eigenvalue weighted by Gasteiger charge is 2.26. The number of ether oxygens (including phenoxy) is 1. The number of rotatable bonds is 4. The summed E-state index contributed by atoms with van der Waals surface area (Å²) >= 11 is 0. The van der Waals surface area contributed by atoms with Crippen molar-refractivity contribution in [3.05, 3.63) is 34.2 Å². The van der Waals surface area contributed by atoms with E-state index in [0.29, 0.717) is 0 Å². The quantitative estimate of drug-likeness (QED) is 0.218. The highest BCUT2D eigenvalue weighted by molar-refractivity contribution is 5.97. The lowest BCUT2D eigenvalue weighted by Gasteiger charge is -2.32. The van der Waals surface area contributed by atoms with E-state index in [-0.39, 0.29) is 49.7 Å². The van der Waals surface area contributed by atoms with Crippen LogP contribution in [-0.4, -0.2) is 59.8 Å². The molecule has 1 N–H and O–H groups in total. The van der Waals surface area contributed by atoms with Crippen LogP contribution in [-0.2, 0) is 14.4 Å². The molecule has 0 atom stereocenters. The maximum absolute atomic E-state index is 12.4. The molecule has 1 aliphatic rings. The Morgan fingerprint density at radius 2 is 2.00 bits per heavy atom. The first-order chi connectivity index (χ1) is 11.5. The molecule has 1 heterocycles. The number of piperazine rings is 1. The molecular weight excluding hydrogens is 322 g/mol. The van der Waals surface area contributed by atoms with E-state index < -0.39 is 12.1 Å². The fourth-order valence-electron chi connectivity index (χ4n) is 2.13. The molecule has 126 valence electrons. The van der Waals surface area contributed by atoms with Crippen LogP contribution >= 0.6 is 0 Å². The van der Waals surface area contributed by atoms with Crippen molar-refractivity contribution in [3.8, 4) is 5.75 Å². The second-order valence-electron chi connectivity index (χ2n) is 4.67. The highest BCUT2D eigenvalue weighted by atomic mass is 16.8. The summed E-state index contributed by atoms with van der Waals surface area (Å²) in [5, 5.41) is 14.5. The Bertz CT molecular complexity index is 694. The maximum atomic E-state index is 12.4. The SMILES string of the molecule is [N-]=[N+]=Nc1ccc(C(=O)N2CCN(OC(=O)OC=O)CC2)c(O)c1. The molecule has 11 heteroatoms. The van der Waals surface area contributed by atoms with Crippen molar-refractivity contribution >= 4 is 24.2 Å². The first kappa shape index (κ1) is 17.1. The Kier molecular flexibility index (Phi) is 5.55. The van der Waals surface area contributed by atoms with Crippen molar-refractivity contribution in [2.45, 2.75) is 0 Å². The van der Waals surface area contributed by atoms with E-state index in [9.17, 15) is 19.5 Å². The molecule has 1 aromatic rings. The normalized spacial score (nSPS) is 14.4. The molecule has 1 aliphatic heterocycles. The van der Waals surface area contributed by atoms with Crippen LogP contribution in [0.15, 0.2) is 23.3 Å². The summed E-state index contributed by atoms with van der Waals surface area (Å²) in [6.07, 6.45) is -1.14. The third-order valence-electron chi connectivity index (χ3n) is 3.25. The van der Waals surface area contributed by atoms with Gasteiger partial charge in [-0.25, -0.2) is 4.79 Å². The fourth-order valence-corrected chi connectivity index (χ4v) is 2.13. The predicted molar refractivity (Wildman–Crippen MR) is 78.0 cm³/mol. The third-order valence-corrected chi connectivity index (χ3v) is 3.25. The number of benzene rings is 1. The van der Waals surface area contributed by atoms with Crippen LogP contribution in [0.3, 0.4) is 0 Å². The Morgan fingerprint density at radius 1 is 1.29 bits per heavy atom. The first-order valence-corrected chi connectivity index (χ1v) is 6.79. The standard InChI is InChI=1S/C13H13N5O6/c14-16-15-9-1-2-10(11(20)7-9)12(21)17-3-5-18(6-4-17)24-13(22)23-8-19/h1-2,7-8,20H,3-6H2. The fraction of sp³-hybridized carbons (Fsp3) is 0.308. The molecule has 0 unspecified atom stereocenters. The van der Waals surface area contributed by atoms with Gasteiger partial charge in [-0.05, 0) is 17.7 Å². The van der Waals surface area contributed by atoms with E-state index in [1.54, 1.807) is 0 Å². The minimum Gasteiger partial charge on any atom is -0.507 e. The number of hydrogen-bond acceptors (Lipinski definition) is 8. The molecule has 0 aromatic heterocycles. The summed E-state index contributed by atoms with van der Waals surface area (Å²) in [5.74, 6) is -0.701. The van der Waals surface area contributed by atoms with E-state index in [0.717, 1.165) is 0 Å². The lowest BCUT2D eigenvalue weighted by atomic mass is 10.1. The monoisotopic (exact) mass is 335 g/mol. The van der Waals surface area contributed by atoms with Crippen molar-refractivity contribution in [1.29, 1.82) is 0 Å². The lowest BCUT2D eigenvalue weighted by molar-refractivity contribution is -0.151. The van der Waals surface area contributed by atoms with Gasteiger partial charge < -0.3 is 19.6 Å². The molecule has 1 saturated heterocycles. The average Bonchev–Trinajstić information content (AvgIpc) is 2.55. The van der Waals surface area contributed by atoms with Gasteiger partial charge in [0.05, 0.1) is 18.7 Å². The van der Waals surface area contributed by atoms with Crippen molar-refractivity contribution < 1.29 is 29.1 Å². The summed E-state index contributed by atoms with van der Waals surface area (Å²) in [4.78, 5) is 42.2. The van der Waals surface area contributed by atoms with E-state index >= 15 is 0 Å². The predicted octanol–water partition coefficient (Wildman–Crippen LogP) is 1.32. The molecule has 0 saturated carbocycles. The van der Waals surface area contributed by atoms with E-state index in [2.05, 4.69) is 14.8 Å². The zero-order chi connectivity index (χ0) is 17.5. The third kappa shape index (κ3) is 4.12. The van der Waals surface area contributed by atoms with E-state index in [1.165, 1.54) is 28.2 Å². The van der Waals surface area contributed by atoms with Crippen molar-refractivity contribution in [1.82, 2.24) is 9.96 Å². The largest absolute Gasteiger partial charge is 0.535 e. The highest BCUT2D eigenvalue weighted by Crippen LogP contribution is 2.25. The van der Waals surface area contributed by atoms with Crippen molar-refractivity contribution in [3.63, 3.8) is 0 Å². The molecule has 1 amide bonds. The minimum absolute atomic E-state index is 0.0368. The molecule has 0 aliphatic carbocycles. The van der Waals surface area contributed by atoms with Gasteiger partial charge in [0.25, 0.3) is 5.91 Å². The topological polar surface area (TPSA) is 145 Å². The number of azide groups is 1. The van der Waals surface area contributed by atoms with Gasteiger partial charge in [0.2, 0.25) is 0 Å². The molecule has 0 spiro atoms. The molecule has 0 radical (unpaired) electrons. The number of hydrogen-bond donors (Lipinski definition) is 1. The zero-order valence-corrected chi connectivity index (χ0v) is 12.4. The number of phenols is 1. The molecule has 0 bridgehead atoms. The van der Waals surface area contributed by atoms with Crippen LogP contribution in [0.4, 0.5) is 10.5 Å². The number of carbonyl (C=O) groups excluding carboxylic acids is 3. The van der Waals surface area contributed by atoms with Crippen LogP contribution in [0.2, 0.25) is 0 Å². The van der Waals surface area contributed by atoms with Crippen LogP contribution in [0.25, 0.3) is 10.4 Å². The van der Waals surface area contributed by atoms with Gasteiger partial charge in [-0.2, -0.15) is 0 Å². The van der Waals surface area contributed by atoms with Crippen molar-refractivity contribution in [2.75, 3.05) is 26.2 Å². The molecule has 1 fully saturated rings. The van der Waals surface area contributed by atoms with Crippen LogP contribution in [0, 0.1) is 0 Å². The average molecular weight is 335 g/mol. The molecule has 24 heavy (non-hydrogen) atoms. The first-order valence-electron chi connectivity index (χ1n) is 6.79. The molecule has 1 aromatic carbocycles. The van der Waals surface area contributed by atoms with Gasteiger partial charge in [-0.1, -0.05) is 11.2 Å². The Hall–Kier alpha value is -3.30. The minimum atomic E-state index is -1.14. The summed E-state index contributed by atoms with van der Waals surface area (Å²) in [7, 11) is 0. The Morgan fingerprint density at radius 3 is 2.58 bits per heavy atom. The van der Waals surface area contributed by atoms with Gasteiger partial charge in [0, 0.05) is 23.7 Å². The Balaban J connectivity index is 1.96. The molecule has 11 nitrogen and oxygen atoms in total. The van der Waals surface area contributed by atoms with E-state index in [1.807, 2.05) is 0 Å². The summed E-state index contributed by atoms with van der Waals surface area (Å²) < 4.78 is 4.00. The second kappa shape index (κ2) is 7.81. The molecular formula is C13H13N5O6. The number of hydroxylamine groups is 2. The van der Waals surface area contributed by atoms with Gasteiger partial charge in [-0.15, -0.1) is 5.06 Å². The van der Waals surface area contributed by atoms with Gasteiger partial charge in [0.15, 0.2) is 0 Å². The zero-order valence-electron chi connectivity index (χ0n) is 12.4. The van der Waals surface area contributed by atoms with E-state index in [4.69, 9.17) is 10.4 Å². The summed E-state index contributed by atoms with van der Waals surface area (Å²) in [6.45, 7) is 0.884. The summed E-state index contributed by atoms with van der Waals surface area (Å²) in [6, 6.07) is 3.98. The number of amides is 1. The smallest absolute Gasteiger partial charge is 0.507 e. The maximum Gasteiger partial charge on any atom is 0.535 e. The van der Waals surface area contributed by atoms with Crippen LogP contribution in [0.5, 0.6) is 5.75 Å². The van der Waals surface area contributed by atoms with Gasteiger partial charge in [0.1, 0.15) is 5.75 Å². The van der Waals surface area contributed by atoms with Gasteiger partial charge >= 0.3 is 12.6 Å². The van der Waals surface area contributed by atoms with Crippen LogP contribution < -0.4 is 0 Å². The second-order valence-corrected chi connectivity index (χ2v) is 4.67. The van der Waals surface area contributed by atoms with Gasteiger partial charge in [-0.3, -0.25) is 9.59 Å². The number of aromatic hydroxyl groups is 1. The number of nitrogens with zero attached hydrogens (tertiary/aromatic N) is 5. The van der Waals surface area contributed by atoms with Crippen molar-refractivity contribution in [2.24, 2.45) is 5.11 Å². The number of carbonyl (C=O) groups is 3. The lowest BCUT2D eigenvalue weighted by Crippen LogP contribution is -2.49. The van der Waals surface area contributed by atoms with Crippen LogP contribution in [0.1, 0.15) is 10.4 Å².